The number of hydroxylamine groups is 2. The lowest BCUT2D eigenvalue weighted by Crippen LogP contribution is -2.36. The molecule has 0 rings (SSSR count). The normalized spacial score (nSPS) is 12.9. The van der Waals surface area contributed by atoms with Gasteiger partial charge in [0.15, 0.2) is 0 Å². The van der Waals surface area contributed by atoms with Crippen LogP contribution in [-0.4, -0.2) is 50.7 Å². The van der Waals surface area contributed by atoms with Crippen LogP contribution in [0.4, 0.5) is 0 Å². The summed E-state index contributed by atoms with van der Waals surface area (Å²) in [5.74, 6) is 0. The molecule has 0 aromatic carbocycles. The number of rotatable bonds is 11. The second-order valence-electron chi connectivity index (χ2n) is 6.63. The highest BCUT2D eigenvalue weighted by Gasteiger charge is 2.08. The smallest absolute Gasteiger partial charge is 0.0916 e. The minimum absolute atomic E-state index is 0.0375. The summed E-state index contributed by atoms with van der Waals surface area (Å²) in [6, 6.07) is 0. The molecule has 0 fully saturated rings. The van der Waals surface area contributed by atoms with Crippen molar-refractivity contribution in [2.24, 2.45) is 0 Å². The Bertz CT molecular complexity index is 200. The Balaban J connectivity index is 3.10. The molecule has 0 aliphatic rings. The standard InChI is InChI=1S/C14H32N2O4/c1-13(2,3)15-19-11-9-17-7-8-18-10-12-20-16-14(4,5)6/h15-16H,7-12H2,1-6H3. The molecule has 0 spiro atoms. The average Bonchev–Trinajstić information content (AvgIpc) is 2.27. The van der Waals surface area contributed by atoms with Crippen LogP contribution < -0.4 is 11.0 Å². The van der Waals surface area contributed by atoms with Gasteiger partial charge in [0.1, 0.15) is 0 Å². The summed E-state index contributed by atoms with van der Waals surface area (Å²) in [5, 5.41) is 0. The molecule has 0 saturated carbocycles. The SMILES string of the molecule is CC(C)(C)NOCCOCCOCCONC(C)(C)C. The lowest BCUT2D eigenvalue weighted by Gasteiger charge is -2.20. The van der Waals surface area contributed by atoms with Gasteiger partial charge in [-0.1, -0.05) is 0 Å². The molecular formula is C14H32N2O4. The predicted octanol–water partition coefficient (Wildman–Crippen LogP) is 1.66. The van der Waals surface area contributed by atoms with Gasteiger partial charge in [-0.3, -0.25) is 9.68 Å². The van der Waals surface area contributed by atoms with E-state index in [4.69, 9.17) is 19.1 Å². The van der Waals surface area contributed by atoms with Gasteiger partial charge in [-0.2, -0.15) is 11.0 Å². The molecule has 0 radical (unpaired) electrons. The van der Waals surface area contributed by atoms with Crippen molar-refractivity contribution >= 4 is 0 Å². The number of ether oxygens (including phenoxy) is 2. The molecule has 0 aliphatic heterocycles. The van der Waals surface area contributed by atoms with Gasteiger partial charge in [0.05, 0.1) is 39.6 Å². The first-order chi connectivity index (χ1) is 9.21. The van der Waals surface area contributed by atoms with Gasteiger partial charge in [-0.25, -0.2) is 0 Å². The summed E-state index contributed by atoms with van der Waals surface area (Å²) < 4.78 is 10.7. The van der Waals surface area contributed by atoms with E-state index in [1.807, 2.05) is 41.5 Å². The van der Waals surface area contributed by atoms with Crippen LogP contribution in [0.5, 0.6) is 0 Å². The first-order valence-corrected chi connectivity index (χ1v) is 7.14. The number of hydrogen-bond donors (Lipinski definition) is 2. The zero-order chi connectivity index (χ0) is 15.5. The lowest BCUT2D eigenvalue weighted by atomic mass is 10.1. The van der Waals surface area contributed by atoms with E-state index in [2.05, 4.69) is 11.0 Å². The fourth-order valence-electron chi connectivity index (χ4n) is 1.06. The summed E-state index contributed by atoms with van der Waals surface area (Å²) in [4.78, 5) is 10.5. The summed E-state index contributed by atoms with van der Waals surface area (Å²) >= 11 is 0. The molecule has 122 valence electrons. The minimum atomic E-state index is -0.0375. The third-order valence-corrected chi connectivity index (χ3v) is 1.79. The molecule has 0 aromatic rings. The van der Waals surface area contributed by atoms with Gasteiger partial charge in [-0.05, 0) is 41.5 Å². The fraction of sp³-hybridized carbons (Fsp3) is 1.00. The van der Waals surface area contributed by atoms with Crippen LogP contribution in [0.25, 0.3) is 0 Å². The molecule has 0 saturated heterocycles. The molecule has 6 heteroatoms. The van der Waals surface area contributed by atoms with Gasteiger partial charge in [0.2, 0.25) is 0 Å². The molecule has 20 heavy (non-hydrogen) atoms. The zero-order valence-electron chi connectivity index (χ0n) is 13.9. The van der Waals surface area contributed by atoms with E-state index < -0.39 is 0 Å². The third-order valence-electron chi connectivity index (χ3n) is 1.79. The Morgan fingerprint density at radius 1 is 0.550 bits per heavy atom. The molecular weight excluding hydrogens is 260 g/mol. The molecule has 6 nitrogen and oxygen atoms in total. The van der Waals surface area contributed by atoms with Gasteiger partial charge >= 0.3 is 0 Å². The molecule has 0 atom stereocenters. The van der Waals surface area contributed by atoms with Crippen LogP contribution in [0.2, 0.25) is 0 Å². The van der Waals surface area contributed by atoms with Crippen molar-refractivity contribution in [2.75, 3.05) is 39.6 Å². The van der Waals surface area contributed by atoms with Crippen molar-refractivity contribution in [3.05, 3.63) is 0 Å². The zero-order valence-corrected chi connectivity index (χ0v) is 13.9. The predicted molar refractivity (Wildman–Crippen MR) is 79.3 cm³/mol. The van der Waals surface area contributed by atoms with Crippen LogP contribution in [0.3, 0.4) is 0 Å². The number of nitrogens with one attached hydrogen (secondary N) is 2. The van der Waals surface area contributed by atoms with Crippen LogP contribution in [0.15, 0.2) is 0 Å². The quantitative estimate of drug-likeness (QED) is 0.446. The van der Waals surface area contributed by atoms with E-state index in [-0.39, 0.29) is 11.1 Å². The van der Waals surface area contributed by atoms with E-state index in [0.29, 0.717) is 39.6 Å². The molecule has 0 unspecified atom stereocenters. The summed E-state index contributed by atoms with van der Waals surface area (Å²) in [6.07, 6.45) is 0. The van der Waals surface area contributed by atoms with Crippen molar-refractivity contribution in [2.45, 2.75) is 52.6 Å². The van der Waals surface area contributed by atoms with E-state index in [1.54, 1.807) is 0 Å². The fourth-order valence-corrected chi connectivity index (χ4v) is 1.06. The Morgan fingerprint density at radius 2 is 0.850 bits per heavy atom. The number of hydrogen-bond acceptors (Lipinski definition) is 6. The maximum Gasteiger partial charge on any atom is 0.0916 e. The highest BCUT2D eigenvalue weighted by molar-refractivity contribution is 4.63. The van der Waals surface area contributed by atoms with Gasteiger partial charge in [0.25, 0.3) is 0 Å². The van der Waals surface area contributed by atoms with Crippen LogP contribution in [0.1, 0.15) is 41.5 Å². The monoisotopic (exact) mass is 292 g/mol. The van der Waals surface area contributed by atoms with Gasteiger partial charge in [0, 0.05) is 11.1 Å². The van der Waals surface area contributed by atoms with Crippen molar-refractivity contribution in [3.8, 4) is 0 Å². The van der Waals surface area contributed by atoms with Crippen molar-refractivity contribution < 1.29 is 19.1 Å². The topological polar surface area (TPSA) is 61.0 Å². The van der Waals surface area contributed by atoms with Crippen LogP contribution in [-0.2, 0) is 19.1 Å². The Hall–Kier alpha value is -0.240. The molecule has 0 aromatic heterocycles. The van der Waals surface area contributed by atoms with Crippen LogP contribution >= 0.6 is 0 Å². The molecule has 2 N–H and O–H groups in total. The molecule has 0 bridgehead atoms. The minimum Gasteiger partial charge on any atom is -0.377 e. The second-order valence-corrected chi connectivity index (χ2v) is 6.63. The van der Waals surface area contributed by atoms with Crippen molar-refractivity contribution in [1.82, 2.24) is 11.0 Å². The average molecular weight is 292 g/mol. The Kier molecular flexibility index (Phi) is 10.4. The summed E-state index contributed by atoms with van der Waals surface area (Å²) in [5.41, 5.74) is 5.77. The Labute approximate surface area is 123 Å². The van der Waals surface area contributed by atoms with Gasteiger partial charge < -0.3 is 9.47 Å². The molecule has 0 heterocycles. The second kappa shape index (κ2) is 10.5. The third kappa shape index (κ3) is 17.8. The maximum atomic E-state index is 5.36. The maximum absolute atomic E-state index is 5.36. The van der Waals surface area contributed by atoms with E-state index in [9.17, 15) is 0 Å². The largest absolute Gasteiger partial charge is 0.377 e. The van der Waals surface area contributed by atoms with Crippen molar-refractivity contribution in [3.63, 3.8) is 0 Å². The van der Waals surface area contributed by atoms with Crippen LogP contribution in [0, 0.1) is 0 Å². The summed E-state index contributed by atoms with van der Waals surface area (Å²) in [6.45, 7) is 15.5. The highest BCUT2D eigenvalue weighted by atomic mass is 16.7. The van der Waals surface area contributed by atoms with E-state index >= 15 is 0 Å². The van der Waals surface area contributed by atoms with Crippen molar-refractivity contribution in [1.29, 1.82) is 0 Å². The molecule has 0 aliphatic carbocycles. The van der Waals surface area contributed by atoms with E-state index in [1.165, 1.54) is 0 Å². The molecule has 0 amide bonds. The lowest BCUT2D eigenvalue weighted by molar-refractivity contribution is -0.0568. The first-order valence-electron chi connectivity index (χ1n) is 7.14. The summed E-state index contributed by atoms with van der Waals surface area (Å²) in [7, 11) is 0. The highest BCUT2D eigenvalue weighted by Crippen LogP contribution is 1.98. The first kappa shape index (κ1) is 19.8. The van der Waals surface area contributed by atoms with Gasteiger partial charge in [-0.15, -0.1) is 0 Å². The van der Waals surface area contributed by atoms with E-state index in [0.717, 1.165) is 0 Å². The Morgan fingerprint density at radius 3 is 1.15 bits per heavy atom.